The second kappa shape index (κ2) is 7.52. The van der Waals surface area contributed by atoms with Crippen molar-refractivity contribution in [1.82, 2.24) is 4.57 Å². The molecule has 1 aromatic heterocycles. The molecule has 2 heteroatoms. The molecular weight excluding hydrogens is 234 g/mol. The molecule has 0 unspecified atom stereocenters. The molecule has 1 fully saturated rings. The van der Waals surface area contributed by atoms with E-state index < -0.39 is 0 Å². The lowest BCUT2D eigenvalue weighted by molar-refractivity contribution is 0.0967. The maximum atomic E-state index is 11.9. The highest BCUT2D eigenvalue weighted by Gasteiger charge is 2.30. The van der Waals surface area contributed by atoms with E-state index in [-0.39, 0.29) is 0 Å². The number of Topliss-reactive ketones (excluding diaryl/α,β-unsaturated/α-hetero) is 1. The first kappa shape index (κ1) is 14.4. The molecule has 0 saturated heterocycles. The molecule has 19 heavy (non-hydrogen) atoms. The molecule has 106 valence electrons. The number of hydrogen-bond donors (Lipinski definition) is 0. The van der Waals surface area contributed by atoms with Gasteiger partial charge in [-0.1, -0.05) is 45.4 Å². The molecule has 1 aromatic rings. The lowest BCUT2D eigenvalue weighted by Crippen LogP contribution is -2.00. The van der Waals surface area contributed by atoms with Crippen LogP contribution < -0.4 is 0 Å². The zero-order valence-corrected chi connectivity index (χ0v) is 12.2. The second-order valence-electron chi connectivity index (χ2n) is 5.90. The van der Waals surface area contributed by atoms with Gasteiger partial charge in [-0.2, -0.15) is 0 Å². The minimum atomic E-state index is 0.342. The maximum Gasteiger partial charge on any atom is 0.167 e. The standard InChI is InChI=1S/C17H27NO/c1-2-3-4-5-6-7-8-12-18-13-11-16(14-18)17(19)15-9-10-15/h11,13-15H,2-10,12H2,1H3. The fraction of sp³-hybridized carbons (Fsp3) is 0.706. The Hall–Kier alpha value is -1.05. The first-order chi connectivity index (χ1) is 9.31. The van der Waals surface area contributed by atoms with Gasteiger partial charge in [0.25, 0.3) is 0 Å². The fourth-order valence-electron chi connectivity index (χ4n) is 2.56. The molecule has 0 aromatic carbocycles. The molecule has 0 aliphatic heterocycles. The van der Waals surface area contributed by atoms with Gasteiger partial charge in [0.15, 0.2) is 5.78 Å². The molecule has 1 saturated carbocycles. The Labute approximate surface area is 117 Å². The van der Waals surface area contributed by atoms with Gasteiger partial charge in [-0.05, 0) is 25.3 Å². The second-order valence-corrected chi connectivity index (χ2v) is 5.90. The summed E-state index contributed by atoms with van der Waals surface area (Å²) in [4.78, 5) is 11.9. The van der Waals surface area contributed by atoms with Crippen molar-refractivity contribution in [2.75, 3.05) is 0 Å². The molecule has 2 nitrogen and oxygen atoms in total. The number of nitrogens with zero attached hydrogens (tertiary/aromatic N) is 1. The van der Waals surface area contributed by atoms with Crippen LogP contribution in [0.25, 0.3) is 0 Å². The largest absolute Gasteiger partial charge is 0.354 e. The van der Waals surface area contributed by atoms with Crippen molar-refractivity contribution < 1.29 is 4.79 Å². The third-order valence-corrected chi connectivity index (χ3v) is 4.00. The fourth-order valence-corrected chi connectivity index (χ4v) is 2.56. The third kappa shape index (κ3) is 4.85. The molecule has 1 heterocycles. The molecule has 1 aliphatic rings. The van der Waals surface area contributed by atoms with Gasteiger partial charge in [-0.3, -0.25) is 4.79 Å². The number of carbonyl (C=O) groups is 1. The van der Waals surface area contributed by atoms with Gasteiger partial charge >= 0.3 is 0 Å². The maximum absolute atomic E-state index is 11.9. The van der Waals surface area contributed by atoms with E-state index in [2.05, 4.69) is 17.7 Å². The number of aromatic nitrogens is 1. The highest BCUT2D eigenvalue weighted by molar-refractivity contribution is 5.99. The van der Waals surface area contributed by atoms with E-state index in [0.717, 1.165) is 24.9 Å². The summed E-state index contributed by atoms with van der Waals surface area (Å²) in [6.07, 6.45) is 15.7. The number of aryl methyl sites for hydroxylation is 1. The minimum absolute atomic E-state index is 0.342. The number of rotatable bonds is 10. The van der Waals surface area contributed by atoms with Crippen LogP contribution in [0.4, 0.5) is 0 Å². The number of ketones is 1. The highest BCUT2D eigenvalue weighted by atomic mass is 16.1. The average Bonchev–Trinajstić information content (AvgIpc) is 3.16. The number of hydrogen-bond acceptors (Lipinski definition) is 1. The average molecular weight is 261 g/mol. The van der Waals surface area contributed by atoms with Crippen molar-refractivity contribution in [2.24, 2.45) is 5.92 Å². The number of unbranched alkanes of at least 4 members (excludes halogenated alkanes) is 6. The van der Waals surface area contributed by atoms with Crippen LogP contribution in [-0.2, 0) is 6.54 Å². The smallest absolute Gasteiger partial charge is 0.167 e. The Kier molecular flexibility index (Phi) is 5.68. The summed E-state index contributed by atoms with van der Waals surface area (Å²) in [5.41, 5.74) is 0.922. The lowest BCUT2D eigenvalue weighted by atomic mass is 10.1. The van der Waals surface area contributed by atoms with Crippen molar-refractivity contribution in [1.29, 1.82) is 0 Å². The Morgan fingerprint density at radius 2 is 1.84 bits per heavy atom. The van der Waals surface area contributed by atoms with Gasteiger partial charge < -0.3 is 4.57 Å². The van der Waals surface area contributed by atoms with Gasteiger partial charge in [0, 0.05) is 30.4 Å². The van der Waals surface area contributed by atoms with Crippen LogP contribution in [0, 0.1) is 5.92 Å². The van der Waals surface area contributed by atoms with E-state index in [1.165, 1.54) is 44.9 Å². The summed E-state index contributed by atoms with van der Waals surface area (Å²) >= 11 is 0. The lowest BCUT2D eigenvalue weighted by Gasteiger charge is -2.03. The molecular formula is C17H27NO. The molecule has 0 amide bonds. The predicted octanol–water partition coefficient (Wildman–Crippen LogP) is 4.83. The van der Waals surface area contributed by atoms with E-state index in [9.17, 15) is 4.79 Å². The first-order valence-corrected chi connectivity index (χ1v) is 8.01. The van der Waals surface area contributed by atoms with Crippen LogP contribution in [0.5, 0.6) is 0 Å². The SMILES string of the molecule is CCCCCCCCCn1ccc(C(=O)C2CC2)c1. The Morgan fingerprint density at radius 3 is 2.53 bits per heavy atom. The van der Waals surface area contributed by atoms with Crippen molar-refractivity contribution in [3.05, 3.63) is 24.0 Å². The molecule has 0 spiro atoms. The topological polar surface area (TPSA) is 22.0 Å². The molecule has 0 atom stereocenters. The summed E-state index contributed by atoms with van der Waals surface area (Å²) in [6.45, 7) is 3.32. The Bertz CT molecular complexity index is 390. The van der Waals surface area contributed by atoms with Gasteiger partial charge in [-0.15, -0.1) is 0 Å². The summed E-state index contributed by atoms with van der Waals surface area (Å²) in [6, 6.07) is 1.99. The van der Waals surface area contributed by atoms with E-state index in [1.54, 1.807) is 0 Å². The molecule has 0 radical (unpaired) electrons. The van der Waals surface area contributed by atoms with Crippen molar-refractivity contribution in [2.45, 2.75) is 71.3 Å². The van der Waals surface area contributed by atoms with Crippen LogP contribution in [0.1, 0.15) is 75.1 Å². The summed E-state index contributed by atoms with van der Waals surface area (Å²) in [5.74, 6) is 0.702. The van der Waals surface area contributed by atoms with Gasteiger partial charge in [0.2, 0.25) is 0 Å². The number of carbonyl (C=O) groups excluding carboxylic acids is 1. The predicted molar refractivity (Wildman–Crippen MR) is 79.5 cm³/mol. The molecule has 0 N–H and O–H groups in total. The normalized spacial score (nSPS) is 14.8. The molecule has 2 rings (SSSR count). The Balaban J connectivity index is 1.59. The first-order valence-electron chi connectivity index (χ1n) is 8.01. The summed E-state index contributed by atoms with van der Waals surface area (Å²) in [5, 5.41) is 0. The van der Waals surface area contributed by atoms with Crippen molar-refractivity contribution in [3.63, 3.8) is 0 Å². The summed E-state index contributed by atoms with van der Waals surface area (Å²) < 4.78 is 2.18. The van der Waals surface area contributed by atoms with Crippen LogP contribution in [0.3, 0.4) is 0 Å². The van der Waals surface area contributed by atoms with Crippen LogP contribution in [0.2, 0.25) is 0 Å². The van der Waals surface area contributed by atoms with E-state index in [1.807, 2.05) is 12.3 Å². The minimum Gasteiger partial charge on any atom is -0.354 e. The highest BCUT2D eigenvalue weighted by Crippen LogP contribution is 2.32. The molecule has 1 aliphatic carbocycles. The van der Waals surface area contributed by atoms with Crippen molar-refractivity contribution >= 4 is 5.78 Å². The molecule has 0 bridgehead atoms. The van der Waals surface area contributed by atoms with Crippen molar-refractivity contribution in [3.8, 4) is 0 Å². The van der Waals surface area contributed by atoms with Crippen LogP contribution in [-0.4, -0.2) is 10.4 Å². The third-order valence-electron chi connectivity index (χ3n) is 4.00. The van der Waals surface area contributed by atoms with Gasteiger partial charge in [0.1, 0.15) is 0 Å². The van der Waals surface area contributed by atoms with Crippen LogP contribution in [0.15, 0.2) is 18.5 Å². The zero-order chi connectivity index (χ0) is 13.5. The van der Waals surface area contributed by atoms with E-state index in [4.69, 9.17) is 0 Å². The van der Waals surface area contributed by atoms with Gasteiger partial charge in [-0.25, -0.2) is 0 Å². The van der Waals surface area contributed by atoms with Gasteiger partial charge in [0.05, 0.1) is 0 Å². The van der Waals surface area contributed by atoms with E-state index in [0.29, 0.717) is 11.7 Å². The van der Waals surface area contributed by atoms with E-state index >= 15 is 0 Å². The Morgan fingerprint density at radius 1 is 1.16 bits per heavy atom. The van der Waals surface area contributed by atoms with Crippen LogP contribution >= 0.6 is 0 Å². The summed E-state index contributed by atoms with van der Waals surface area (Å²) in [7, 11) is 0. The quantitative estimate of drug-likeness (QED) is 0.436. The zero-order valence-electron chi connectivity index (χ0n) is 12.2. The monoisotopic (exact) mass is 261 g/mol.